The highest BCUT2D eigenvalue weighted by molar-refractivity contribution is 5.98. The highest BCUT2D eigenvalue weighted by atomic mass is 19.1. The SMILES string of the molecule is COc1ccc(CN2CCC(NC(=O)c3cc4ccc(C)cc4nc3C)CC2)cc1F. The summed E-state index contributed by atoms with van der Waals surface area (Å²) >= 11 is 0. The van der Waals surface area contributed by atoms with Gasteiger partial charge in [0.2, 0.25) is 0 Å². The average Bonchev–Trinajstić information content (AvgIpc) is 2.74. The van der Waals surface area contributed by atoms with E-state index in [9.17, 15) is 9.18 Å². The molecule has 0 aliphatic carbocycles. The molecular weight excluding hydrogens is 393 g/mol. The molecule has 0 radical (unpaired) electrons. The molecule has 4 rings (SSSR count). The lowest BCUT2D eigenvalue weighted by Crippen LogP contribution is -2.44. The minimum absolute atomic E-state index is 0.0665. The Labute approximate surface area is 182 Å². The van der Waals surface area contributed by atoms with E-state index in [4.69, 9.17) is 4.74 Å². The number of amides is 1. The summed E-state index contributed by atoms with van der Waals surface area (Å²) in [6.07, 6.45) is 1.73. The number of halogens is 1. The fourth-order valence-electron chi connectivity index (χ4n) is 4.17. The molecule has 162 valence electrons. The highest BCUT2D eigenvalue weighted by Gasteiger charge is 2.22. The van der Waals surface area contributed by atoms with Gasteiger partial charge in [0.25, 0.3) is 5.91 Å². The molecule has 1 aromatic heterocycles. The van der Waals surface area contributed by atoms with E-state index in [2.05, 4.69) is 15.2 Å². The Morgan fingerprint density at radius 1 is 1.16 bits per heavy atom. The molecule has 5 nitrogen and oxygen atoms in total. The van der Waals surface area contributed by atoms with E-state index < -0.39 is 0 Å². The van der Waals surface area contributed by atoms with Crippen LogP contribution in [0.15, 0.2) is 42.5 Å². The van der Waals surface area contributed by atoms with Gasteiger partial charge in [-0.15, -0.1) is 0 Å². The molecule has 31 heavy (non-hydrogen) atoms. The van der Waals surface area contributed by atoms with Gasteiger partial charge < -0.3 is 10.1 Å². The zero-order valence-electron chi connectivity index (χ0n) is 18.2. The number of hydrogen-bond acceptors (Lipinski definition) is 4. The number of rotatable bonds is 5. The number of nitrogens with one attached hydrogen (secondary N) is 1. The van der Waals surface area contributed by atoms with Crippen molar-refractivity contribution in [2.75, 3.05) is 20.2 Å². The van der Waals surface area contributed by atoms with Crippen molar-refractivity contribution in [1.29, 1.82) is 0 Å². The van der Waals surface area contributed by atoms with Gasteiger partial charge in [-0.25, -0.2) is 4.39 Å². The summed E-state index contributed by atoms with van der Waals surface area (Å²) in [5.74, 6) is -0.140. The molecule has 0 bridgehead atoms. The van der Waals surface area contributed by atoms with Crippen LogP contribution in [0.1, 0.15) is 40.0 Å². The molecule has 3 aromatic rings. The zero-order chi connectivity index (χ0) is 22.0. The molecule has 2 aromatic carbocycles. The van der Waals surface area contributed by atoms with Crippen LogP contribution in [0.2, 0.25) is 0 Å². The maximum absolute atomic E-state index is 13.9. The van der Waals surface area contributed by atoms with E-state index in [0.717, 1.165) is 53.7 Å². The lowest BCUT2D eigenvalue weighted by molar-refractivity contribution is 0.0908. The van der Waals surface area contributed by atoms with Gasteiger partial charge in [-0.1, -0.05) is 18.2 Å². The number of carbonyl (C=O) groups is 1. The maximum atomic E-state index is 13.9. The van der Waals surface area contributed by atoms with Crippen molar-refractivity contribution >= 4 is 16.8 Å². The quantitative estimate of drug-likeness (QED) is 0.664. The molecule has 1 aliphatic heterocycles. The van der Waals surface area contributed by atoms with E-state index in [-0.39, 0.29) is 23.5 Å². The maximum Gasteiger partial charge on any atom is 0.253 e. The summed E-state index contributed by atoms with van der Waals surface area (Å²) in [6.45, 7) is 6.32. The Balaban J connectivity index is 1.35. The smallest absolute Gasteiger partial charge is 0.253 e. The van der Waals surface area contributed by atoms with Crippen LogP contribution in [0, 0.1) is 19.7 Å². The van der Waals surface area contributed by atoms with Gasteiger partial charge in [0, 0.05) is 31.1 Å². The first-order chi connectivity index (χ1) is 14.9. The van der Waals surface area contributed by atoms with Crippen molar-refractivity contribution in [2.24, 2.45) is 0 Å². The number of likely N-dealkylation sites (tertiary alicyclic amines) is 1. The number of piperidine rings is 1. The minimum atomic E-state index is -0.336. The number of pyridine rings is 1. The monoisotopic (exact) mass is 421 g/mol. The van der Waals surface area contributed by atoms with Crippen molar-refractivity contribution in [1.82, 2.24) is 15.2 Å². The van der Waals surface area contributed by atoms with Gasteiger partial charge in [-0.2, -0.15) is 0 Å². The molecule has 1 fully saturated rings. The summed E-state index contributed by atoms with van der Waals surface area (Å²) in [4.78, 5) is 19.8. The normalized spacial score (nSPS) is 15.2. The first kappa shape index (κ1) is 21.2. The number of methoxy groups -OCH3 is 1. The Hall–Kier alpha value is -2.99. The number of fused-ring (bicyclic) bond motifs is 1. The molecule has 2 heterocycles. The van der Waals surface area contributed by atoms with Gasteiger partial charge in [-0.05, 0) is 62.1 Å². The number of nitrogens with zero attached hydrogens (tertiary/aromatic N) is 2. The van der Waals surface area contributed by atoms with E-state index in [0.29, 0.717) is 12.1 Å². The summed E-state index contributed by atoms with van der Waals surface area (Å²) in [7, 11) is 1.47. The molecule has 0 unspecified atom stereocenters. The van der Waals surface area contributed by atoms with Crippen molar-refractivity contribution in [3.63, 3.8) is 0 Å². The van der Waals surface area contributed by atoms with Crippen LogP contribution < -0.4 is 10.1 Å². The second-order valence-corrected chi connectivity index (χ2v) is 8.31. The highest BCUT2D eigenvalue weighted by Crippen LogP contribution is 2.21. The number of benzene rings is 2. The summed E-state index contributed by atoms with van der Waals surface area (Å²) < 4.78 is 18.9. The standard InChI is InChI=1S/C25H28FN3O2/c1-16-4-6-19-14-21(17(2)27-23(19)12-16)25(30)28-20-8-10-29(11-9-20)15-18-5-7-24(31-3)22(26)13-18/h4-7,12-14,20H,8-11,15H2,1-3H3,(H,28,30). The topological polar surface area (TPSA) is 54.5 Å². The second kappa shape index (κ2) is 9.02. The van der Waals surface area contributed by atoms with Crippen LogP contribution >= 0.6 is 0 Å². The number of carbonyl (C=O) groups excluding carboxylic acids is 1. The first-order valence-corrected chi connectivity index (χ1v) is 10.7. The van der Waals surface area contributed by atoms with Crippen LogP contribution in [0.3, 0.4) is 0 Å². The third kappa shape index (κ3) is 4.85. The van der Waals surface area contributed by atoms with E-state index in [1.807, 2.05) is 44.2 Å². The minimum Gasteiger partial charge on any atom is -0.494 e. The van der Waals surface area contributed by atoms with Crippen molar-refractivity contribution in [3.05, 3.63) is 70.7 Å². The third-order valence-electron chi connectivity index (χ3n) is 5.95. The van der Waals surface area contributed by atoms with Crippen LogP contribution in [-0.2, 0) is 6.54 Å². The van der Waals surface area contributed by atoms with Gasteiger partial charge in [0.15, 0.2) is 11.6 Å². The zero-order valence-corrected chi connectivity index (χ0v) is 18.2. The second-order valence-electron chi connectivity index (χ2n) is 8.31. The summed E-state index contributed by atoms with van der Waals surface area (Å²) in [6, 6.07) is 13.2. The summed E-state index contributed by atoms with van der Waals surface area (Å²) in [5, 5.41) is 4.15. The van der Waals surface area contributed by atoms with Crippen LogP contribution in [0.4, 0.5) is 4.39 Å². The molecular formula is C25H28FN3O2. The van der Waals surface area contributed by atoms with E-state index >= 15 is 0 Å². The Bertz CT molecular complexity index is 1110. The van der Waals surface area contributed by atoms with Gasteiger partial charge >= 0.3 is 0 Å². The lowest BCUT2D eigenvalue weighted by Gasteiger charge is -2.32. The van der Waals surface area contributed by atoms with Gasteiger partial charge in [0.1, 0.15) is 0 Å². The largest absolute Gasteiger partial charge is 0.494 e. The summed E-state index contributed by atoms with van der Waals surface area (Å²) in [5.41, 5.74) is 4.37. The fraction of sp³-hybridized carbons (Fsp3) is 0.360. The Kier molecular flexibility index (Phi) is 6.18. The van der Waals surface area contributed by atoms with Gasteiger partial charge in [-0.3, -0.25) is 14.7 Å². The van der Waals surface area contributed by atoms with E-state index in [1.165, 1.54) is 13.2 Å². The third-order valence-corrected chi connectivity index (χ3v) is 5.95. The Morgan fingerprint density at radius 2 is 1.94 bits per heavy atom. The molecule has 1 N–H and O–H groups in total. The number of aromatic nitrogens is 1. The molecule has 1 aliphatic rings. The van der Waals surface area contributed by atoms with Crippen LogP contribution in [0.25, 0.3) is 10.9 Å². The molecule has 6 heteroatoms. The predicted octanol–water partition coefficient (Wildman–Crippen LogP) is 4.39. The van der Waals surface area contributed by atoms with Crippen molar-refractivity contribution in [2.45, 2.75) is 39.3 Å². The Morgan fingerprint density at radius 3 is 2.65 bits per heavy atom. The van der Waals surface area contributed by atoms with Crippen molar-refractivity contribution < 1.29 is 13.9 Å². The number of ether oxygens (including phenoxy) is 1. The lowest BCUT2D eigenvalue weighted by atomic mass is 10.0. The fourth-order valence-corrected chi connectivity index (χ4v) is 4.17. The van der Waals surface area contributed by atoms with E-state index in [1.54, 1.807) is 6.07 Å². The molecule has 1 amide bonds. The first-order valence-electron chi connectivity index (χ1n) is 10.7. The predicted molar refractivity (Wildman–Crippen MR) is 120 cm³/mol. The molecule has 0 saturated carbocycles. The number of hydrogen-bond donors (Lipinski definition) is 1. The molecule has 0 spiro atoms. The molecule has 1 saturated heterocycles. The van der Waals surface area contributed by atoms with Crippen molar-refractivity contribution in [3.8, 4) is 5.75 Å². The average molecular weight is 422 g/mol. The number of aryl methyl sites for hydroxylation is 2. The van der Waals surface area contributed by atoms with Gasteiger partial charge in [0.05, 0.1) is 23.9 Å². The van der Waals surface area contributed by atoms with Crippen LogP contribution in [0.5, 0.6) is 5.75 Å². The molecule has 0 atom stereocenters. The van der Waals surface area contributed by atoms with Crippen LogP contribution in [-0.4, -0.2) is 42.0 Å².